The summed E-state index contributed by atoms with van der Waals surface area (Å²) >= 11 is 0. The van der Waals surface area contributed by atoms with Gasteiger partial charge in [0.25, 0.3) is 0 Å². The van der Waals surface area contributed by atoms with E-state index < -0.39 is 0 Å². The molecule has 4 heteroatoms. The highest BCUT2D eigenvalue weighted by Crippen LogP contribution is 2.22. The molecule has 1 aromatic carbocycles. The summed E-state index contributed by atoms with van der Waals surface area (Å²) in [6, 6.07) is 7.88. The first-order valence-electron chi connectivity index (χ1n) is 6.71. The topological polar surface area (TPSA) is 61.0 Å². The molecule has 0 spiro atoms. The lowest BCUT2D eigenvalue weighted by atomic mass is 9.93. The number of nitrogens with zero attached hydrogens (tertiary/aromatic N) is 2. The van der Waals surface area contributed by atoms with Crippen molar-refractivity contribution in [3.63, 3.8) is 0 Å². The Kier molecular flexibility index (Phi) is 4.35. The Labute approximate surface area is 120 Å². The second-order valence-electron chi connectivity index (χ2n) is 5.19. The molecule has 106 valence electrons. The summed E-state index contributed by atoms with van der Waals surface area (Å²) in [6.45, 7) is 6.36. The van der Waals surface area contributed by atoms with Crippen molar-refractivity contribution in [1.82, 2.24) is 10.2 Å². The van der Waals surface area contributed by atoms with Crippen LogP contribution in [0.5, 0.6) is 5.88 Å². The smallest absolute Gasteiger partial charge is 0.233 e. The monoisotopic (exact) mass is 271 g/mol. The molecule has 1 atom stereocenters. The first kappa shape index (κ1) is 14.5. The number of aromatic nitrogens is 2. The van der Waals surface area contributed by atoms with Crippen LogP contribution in [0.1, 0.15) is 34.0 Å². The highest BCUT2D eigenvalue weighted by atomic mass is 16.5. The van der Waals surface area contributed by atoms with Gasteiger partial charge in [0, 0.05) is 6.07 Å². The number of hydrogen-bond acceptors (Lipinski definition) is 4. The van der Waals surface area contributed by atoms with E-state index in [1.807, 2.05) is 6.07 Å². The molecule has 0 aliphatic rings. The van der Waals surface area contributed by atoms with Crippen molar-refractivity contribution in [2.45, 2.75) is 33.2 Å². The van der Waals surface area contributed by atoms with Gasteiger partial charge in [-0.2, -0.15) is 5.10 Å². The molecule has 0 bridgehead atoms. The number of nitrogens with two attached hydrogens (primary N) is 1. The van der Waals surface area contributed by atoms with E-state index in [0.29, 0.717) is 5.88 Å². The number of methoxy groups -OCH3 is 1. The average molecular weight is 271 g/mol. The van der Waals surface area contributed by atoms with Gasteiger partial charge in [0.1, 0.15) is 0 Å². The molecular weight excluding hydrogens is 250 g/mol. The van der Waals surface area contributed by atoms with Gasteiger partial charge in [0.2, 0.25) is 5.88 Å². The van der Waals surface area contributed by atoms with Crippen LogP contribution >= 0.6 is 0 Å². The van der Waals surface area contributed by atoms with Gasteiger partial charge in [-0.25, -0.2) is 0 Å². The predicted molar refractivity (Wildman–Crippen MR) is 79.9 cm³/mol. The zero-order valence-corrected chi connectivity index (χ0v) is 12.5. The molecule has 0 aliphatic heterocycles. The van der Waals surface area contributed by atoms with Crippen molar-refractivity contribution in [2.75, 3.05) is 7.11 Å². The van der Waals surface area contributed by atoms with Gasteiger partial charge in [-0.05, 0) is 49.9 Å². The van der Waals surface area contributed by atoms with Crippen molar-refractivity contribution < 1.29 is 4.74 Å². The molecule has 1 heterocycles. The number of ether oxygens (including phenoxy) is 1. The second-order valence-corrected chi connectivity index (χ2v) is 5.19. The maximum absolute atomic E-state index is 6.25. The molecule has 0 radical (unpaired) electrons. The normalized spacial score (nSPS) is 12.2. The van der Waals surface area contributed by atoms with Gasteiger partial charge < -0.3 is 10.5 Å². The lowest BCUT2D eigenvalue weighted by molar-refractivity contribution is 0.390. The van der Waals surface area contributed by atoms with E-state index in [0.717, 1.165) is 12.1 Å². The molecule has 0 saturated heterocycles. The molecule has 20 heavy (non-hydrogen) atoms. The van der Waals surface area contributed by atoms with Crippen molar-refractivity contribution in [1.29, 1.82) is 0 Å². The predicted octanol–water partition coefficient (Wildman–Crippen LogP) is 2.65. The minimum atomic E-state index is -0.159. The van der Waals surface area contributed by atoms with Crippen LogP contribution in [-0.4, -0.2) is 17.3 Å². The van der Waals surface area contributed by atoms with Gasteiger partial charge in [-0.3, -0.25) is 0 Å². The lowest BCUT2D eigenvalue weighted by Crippen LogP contribution is -2.17. The van der Waals surface area contributed by atoms with Gasteiger partial charge in [0.15, 0.2) is 0 Å². The van der Waals surface area contributed by atoms with Crippen LogP contribution in [0.4, 0.5) is 0 Å². The molecule has 4 nitrogen and oxygen atoms in total. The van der Waals surface area contributed by atoms with E-state index >= 15 is 0 Å². The minimum absolute atomic E-state index is 0.159. The largest absolute Gasteiger partial charge is 0.480 e. The Hall–Kier alpha value is -1.94. The van der Waals surface area contributed by atoms with Crippen LogP contribution in [0, 0.1) is 20.8 Å². The molecule has 2 N–H and O–H groups in total. The molecule has 2 rings (SSSR count). The van der Waals surface area contributed by atoms with Crippen LogP contribution in [-0.2, 0) is 6.42 Å². The van der Waals surface area contributed by atoms with Gasteiger partial charge in [0.05, 0.1) is 18.8 Å². The summed E-state index contributed by atoms with van der Waals surface area (Å²) in [7, 11) is 1.57. The molecule has 0 aliphatic carbocycles. The van der Waals surface area contributed by atoms with E-state index in [2.05, 4.69) is 43.1 Å². The Morgan fingerprint density at radius 1 is 1.10 bits per heavy atom. The summed E-state index contributed by atoms with van der Waals surface area (Å²) in [5, 5.41) is 8.09. The summed E-state index contributed by atoms with van der Waals surface area (Å²) < 4.78 is 5.00. The summed E-state index contributed by atoms with van der Waals surface area (Å²) in [6.07, 6.45) is 0.763. The Morgan fingerprint density at radius 2 is 1.75 bits per heavy atom. The Morgan fingerprint density at radius 3 is 2.25 bits per heavy atom. The Bertz CT molecular complexity index is 570. The summed E-state index contributed by atoms with van der Waals surface area (Å²) in [4.78, 5) is 0. The molecular formula is C16H21N3O. The van der Waals surface area contributed by atoms with Crippen LogP contribution in [0.2, 0.25) is 0 Å². The molecule has 2 aromatic rings. The van der Waals surface area contributed by atoms with Crippen molar-refractivity contribution in [3.8, 4) is 5.88 Å². The number of hydrogen-bond donors (Lipinski definition) is 1. The van der Waals surface area contributed by atoms with Gasteiger partial charge in [-0.15, -0.1) is 5.10 Å². The van der Waals surface area contributed by atoms with E-state index in [9.17, 15) is 0 Å². The Balaban J connectivity index is 2.20. The zero-order valence-electron chi connectivity index (χ0n) is 12.5. The van der Waals surface area contributed by atoms with Crippen LogP contribution in [0.3, 0.4) is 0 Å². The highest BCUT2D eigenvalue weighted by molar-refractivity contribution is 5.38. The fourth-order valence-corrected chi connectivity index (χ4v) is 2.49. The summed E-state index contributed by atoms with van der Waals surface area (Å²) in [5.41, 5.74) is 12.2. The third-order valence-electron chi connectivity index (χ3n) is 3.51. The highest BCUT2D eigenvalue weighted by Gasteiger charge is 2.13. The SMILES string of the molecule is COc1ccc(C(N)Cc2c(C)cc(C)cc2C)nn1. The van der Waals surface area contributed by atoms with E-state index in [1.54, 1.807) is 13.2 Å². The standard InChI is InChI=1S/C16H21N3O/c1-10-7-11(2)13(12(3)8-10)9-14(17)15-5-6-16(20-4)19-18-15/h5-8,14H,9,17H2,1-4H3. The van der Waals surface area contributed by atoms with Gasteiger partial charge >= 0.3 is 0 Å². The lowest BCUT2D eigenvalue weighted by Gasteiger charge is -2.16. The average Bonchev–Trinajstić information content (AvgIpc) is 2.42. The van der Waals surface area contributed by atoms with Crippen LogP contribution in [0.25, 0.3) is 0 Å². The van der Waals surface area contributed by atoms with Crippen LogP contribution in [0.15, 0.2) is 24.3 Å². The number of rotatable bonds is 4. The van der Waals surface area contributed by atoms with Crippen molar-refractivity contribution >= 4 is 0 Å². The molecule has 0 amide bonds. The quantitative estimate of drug-likeness (QED) is 0.928. The van der Waals surface area contributed by atoms with E-state index in [-0.39, 0.29) is 6.04 Å². The second kappa shape index (κ2) is 6.01. The van der Waals surface area contributed by atoms with E-state index in [4.69, 9.17) is 10.5 Å². The number of benzene rings is 1. The molecule has 1 unspecified atom stereocenters. The third kappa shape index (κ3) is 3.14. The number of aryl methyl sites for hydroxylation is 3. The maximum Gasteiger partial charge on any atom is 0.233 e. The van der Waals surface area contributed by atoms with E-state index in [1.165, 1.54) is 22.3 Å². The molecule has 1 aromatic heterocycles. The zero-order chi connectivity index (χ0) is 14.7. The van der Waals surface area contributed by atoms with Crippen LogP contribution < -0.4 is 10.5 Å². The van der Waals surface area contributed by atoms with Gasteiger partial charge in [-0.1, -0.05) is 17.7 Å². The molecule has 0 fully saturated rings. The first-order valence-corrected chi connectivity index (χ1v) is 6.71. The minimum Gasteiger partial charge on any atom is -0.480 e. The van der Waals surface area contributed by atoms with Crippen molar-refractivity contribution in [3.05, 3.63) is 52.2 Å². The van der Waals surface area contributed by atoms with Crippen molar-refractivity contribution in [2.24, 2.45) is 5.73 Å². The fraction of sp³-hybridized carbons (Fsp3) is 0.375. The summed E-state index contributed by atoms with van der Waals surface area (Å²) in [5.74, 6) is 0.503. The fourth-order valence-electron chi connectivity index (χ4n) is 2.49. The maximum atomic E-state index is 6.25. The third-order valence-corrected chi connectivity index (χ3v) is 3.51. The molecule has 0 saturated carbocycles. The first-order chi connectivity index (χ1) is 9.51.